The zero-order chi connectivity index (χ0) is 18.8. The van der Waals surface area contributed by atoms with Crippen LogP contribution >= 0.6 is 0 Å². The SMILES string of the molecule is C(=C\c1ccccc1)/CN1CCN(c2c3c(nc4ncnn24)CCCC3)CC1. The third kappa shape index (κ3) is 3.40. The Morgan fingerprint density at radius 3 is 2.64 bits per heavy atom. The van der Waals surface area contributed by atoms with Crippen LogP contribution in [0.2, 0.25) is 0 Å². The summed E-state index contributed by atoms with van der Waals surface area (Å²) in [5, 5.41) is 4.48. The summed E-state index contributed by atoms with van der Waals surface area (Å²) >= 11 is 0. The number of rotatable bonds is 4. The van der Waals surface area contributed by atoms with Crippen molar-refractivity contribution < 1.29 is 0 Å². The van der Waals surface area contributed by atoms with Crippen LogP contribution in [0.1, 0.15) is 29.7 Å². The Kier molecular flexibility index (Phi) is 4.79. The highest BCUT2D eigenvalue weighted by atomic mass is 15.4. The van der Waals surface area contributed by atoms with Crippen LogP contribution in [0.3, 0.4) is 0 Å². The van der Waals surface area contributed by atoms with E-state index < -0.39 is 0 Å². The quantitative estimate of drug-likeness (QED) is 0.703. The lowest BCUT2D eigenvalue weighted by molar-refractivity contribution is 0.283. The highest BCUT2D eigenvalue weighted by molar-refractivity contribution is 5.56. The van der Waals surface area contributed by atoms with E-state index in [2.05, 4.69) is 62.4 Å². The summed E-state index contributed by atoms with van der Waals surface area (Å²) in [5.41, 5.74) is 3.88. The van der Waals surface area contributed by atoms with Crippen molar-refractivity contribution in [3.63, 3.8) is 0 Å². The molecule has 2 aliphatic rings. The second-order valence-corrected chi connectivity index (χ2v) is 7.64. The number of hydrogen-bond donors (Lipinski definition) is 0. The molecule has 1 saturated heterocycles. The Hall–Kier alpha value is -2.73. The number of fused-ring (bicyclic) bond motifs is 2. The highest BCUT2D eigenvalue weighted by Gasteiger charge is 2.25. The minimum Gasteiger partial charge on any atom is -0.354 e. The lowest BCUT2D eigenvalue weighted by Crippen LogP contribution is -2.47. The summed E-state index contributed by atoms with van der Waals surface area (Å²) in [7, 11) is 0. The molecule has 28 heavy (non-hydrogen) atoms. The van der Waals surface area contributed by atoms with E-state index in [-0.39, 0.29) is 0 Å². The molecule has 0 radical (unpaired) electrons. The molecule has 0 unspecified atom stereocenters. The van der Waals surface area contributed by atoms with Gasteiger partial charge in [-0.1, -0.05) is 42.5 Å². The average molecular weight is 374 g/mol. The Morgan fingerprint density at radius 2 is 1.79 bits per heavy atom. The molecule has 1 fully saturated rings. The fraction of sp³-hybridized carbons (Fsp3) is 0.409. The lowest BCUT2D eigenvalue weighted by atomic mass is 9.96. The van der Waals surface area contributed by atoms with Crippen molar-refractivity contribution >= 4 is 17.7 Å². The first-order valence-electron chi connectivity index (χ1n) is 10.3. The van der Waals surface area contributed by atoms with Crippen LogP contribution in [0, 0.1) is 0 Å². The Bertz CT molecular complexity index is 969. The van der Waals surface area contributed by atoms with Gasteiger partial charge in [0.1, 0.15) is 12.1 Å². The van der Waals surface area contributed by atoms with Crippen LogP contribution in [0.25, 0.3) is 11.9 Å². The average Bonchev–Trinajstić information content (AvgIpc) is 3.21. The van der Waals surface area contributed by atoms with Gasteiger partial charge < -0.3 is 4.90 Å². The van der Waals surface area contributed by atoms with Gasteiger partial charge in [0.2, 0.25) is 0 Å². The van der Waals surface area contributed by atoms with Crippen molar-refractivity contribution in [3.05, 3.63) is 59.6 Å². The van der Waals surface area contributed by atoms with Crippen molar-refractivity contribution in [2.75, 3.05) is 37.6 Å². The van der Waals surface area contributed by atoms with E-state index in [0.29, 0.717) is 0 Å². The van der Waals surface area contributed by atoms with Crippen LogP contribution in [-0.4, -0.2) is 57.2 Å². The number of aryl methyl sites for hydroxylation is 1. The van der Waals surface area contributed by atoms with E-state index in [1.807, 2.05) is 4.52 Å². The van der Waals surface area contributed by atoms with Crippen molar-refractivity contribution in [1.82, 2.24) is 24.5 Å². The van der Waals surface area contributed by atoms with Gasteiger partial charge in [-0.15, -0.1) is 0 Å². The molecule has 0 saturated carbocycles. The van der Waals surface area contributed by atoms with Gasteiger partial charge in [0.05, 0.1) is 5.69 Å². The number of aromatic nitrogens is 4. The summed E-state index contributed by atoms with van der Waals surface area (Å²) in [6.07, 6.45) is 10.8. The predicted molar refractivity (Wildman–Crippen MR) is 112 cm³/mol. The molecule has 5 rings (SSSR count). The molecule has 144 valence electrons. The summed E-state index contributed by atoms with van der Waals surface area (Å²) < 4.78 is 1.95. The molecule has 2 aromatic heterocycles. The minimum atomic E-state index is 0.740. The van der Waals surface area contributed by atoms with E-state index in [1.54, 1.807) is 6.33 Å². The van der Waals surface area contributed by atoms with Crippen LogP contribution in [0.15, 0.2) is 42.7 Å². The molecule has 6 nitrogen and oxygen atoms in total. The standard InChI is InChI=1S/C22H26N6/c1-2-7-18(8-3-1)9-6-12-26-13-15-27(16-14-26)21-19-10-4-5-11-20(19)25-22-23-17-24-28(21)22/h1-3,6-9,17H,4-5,10-16H2/b9-6+. The lowest BCUT2D eigenvalue weighted by Gasteiger charge is -2.37. The monoisotopic (exact) mass is 374 g/mol. The zero-order valence-corrected chi connectivity index (χ0v) is 16.2. The molecule has 0 N–H and O–H groups in total. The molecule has 1 aromatic carbocycles. The minimum absolute atomic E-state index is 0.740. The second-order valence-electron chi connectivity index (χ2n) is 7.64. The summed E-state index contributed by atoms with van der Waals surface area (Å²) in [6.45, 7) is 5.16. The highest BCUT2D eigenvalue weighted by Crippen LogP contribution is 2.30. The molecule has 0 amide bonds. The second kappa shape index (κ2) is 7.72. The molecule has 1 aliphatic heterocycles. The van der Waals surface area contributed by atoms with E-state index >= 15 is 0 Å². The largest absolute Gasteiger partial charge is 0.354 e. The van der Waals surface area contributed by atoms with Gasteiger partial charge in [-0.2, -0.15) is 14.6 Å². The maximum absolute atomic E-state index is 4.76. The van der Waals surface area contributed by atoms with Gasteiger partial charge in [0, 0.05) is 38.3 Å². The molecule has 1 aliphatic carbocycles. The van der Waals surface area contributed by atoms with Gasteiger partial charge in [-0.05, 0) is 31.2 Å². The molecular weight excluding hydrogens is 348 g/mol. The van der Waals surface area contributed by atoms with Gasteiger partial charge in [-0.25, -0.2) is 4.98 Å². The van der Waals surface area contributed by atoms with Crippen LogP contribution in [0.4, 0.5) is 5.82 Å². The molecular formula is C22H26N6. The normalized spacial score (nSPS) is 18.1. The Balaban J connectivity index is 1.29. The van der Waals surface area contributed by atoms with Crippen LogP contribution in [-0.2, 0) is 12.8 Å². The molecule has 6 heteroatoms. The van der Waals surface area contributed by atoms with Crippen LogP contribution in [0.5, 0.6) is 0 Å². The first kappa shape index (κ1) is 17.4. The fourth-order valence-electron chi connectivity index (χ4n) is 4.33. The molecule has 3 aromatic rings. The molecule has 0 bridgehead atoms. The van der Waals surface area contributed by atoms with Crippen molar-refractivity contribution in [2.45, 2.75) is 25.7 Å². The van der Waals surface area contributed by atoms with Crippen molar-refractivity contribution in [1.29, 1.82) is 0 Å². The molecule has 0 atom stereocenters. The Morgan fingerprint density at radius 1 is 0.964 bits per heavy atom. The van der Waals surface area contributed by atoms with Crippen LogP contribution < -0.4 is 4.90 Å². The van der Waals surface area contributed by atoms with Gasteiger partial charge in [-0.3, -0.25) is 4.90 Å². The fourth-order valence-corrected chi connectivity index (χ4v) is 4.33. The maximum atomic E-state index is 4.76. The van der Waals surface area contributed by atoms with Gasteiger partial charge in [0.25, 0.3) is 5.78 Å². The van der Waals surface area contributed by atoms with Crippen molar-refractivity contribution in [3.8, 4) is 0 Å². The number of hydrogen-bond acceptors (Lipinski definition) is 5. The van der Waals surface area contributed by atoms with E-state index in [0.717, 1.165) is 51.3 Å². The molecule has 3 heterocycles. The first-order chi connectivity index (χ1) is 13.9. The predicted octanol–water partition coefficient (Wildman–Crippen LogP) is 2.84. The summed E-state index contributed by atoms with van der Waals surface area (Å²) in [6, 6.07) is 10.5. The van der Waals surface area contributed by atoms with E-state index in [1.165, 1.54) is 35.5 Å². The number of nitrogens with zero attached hydrogens (tertiary/aromatic N) is 6. The zero-order valence-electron chi connectivity index (χ0n) is 16.2. The Labute approximate surface area is 165 Å². The number of anilines is 1. The molecule has 0 spiro atoms. The summed E-state index contributed by atoms with van der Waals surface area (Å²) in [5.74, 6) is 1.97. The van der Waals surface area contributed by atoms with Crippen molar-refractivity contribution in [2.24, 2.45) is 0 Å². The van der Waals surface area contributed by atoms with Gasteiger partial charge >= 0.3 is 0 Å². The van der Waals surface area contributed by atoms with E-state index in [4.69, 9.17) is 4.98 Å². The number of piperazine rings is 1. The maximum Gasteiger partial charge on any atom is 0.254 e. The third-order valence-corrected chi connectivity index (χ3v) is 5.82. The first-order valence-corrected chi connectivity index (χ1v) is 10.3. The topological polar surface area (TPSA) is 49.6 Å². The smallest absolute Gasteiger partial charge is 0.254 e. The number of benzene rings is 1. The van der Waals surface area contributed by atoms with E-state index in [9.17, 15) is 0 Å². The third-order valence-electron chi connectivity index (χ3n) is 5.82. The van der Waals surface area contributed by atoms with Gasteiger partial charge in [0.15, 0.2) is 0 Å². The summed E-state index contributed by atoms with van der Waals surface area (Å²) in [4.78, 5) is 14.1.